The molecule has 0 spiro atoms. The number of rotatable bonds is 5. The molecule has 0 saturated heterocycles. The second-order valence-electron chi connectivity index (χ2n) is 7.77. The molecule has 0 saturated carbocycles. The molecule has 0 aliphatic rings. The van der Waals surface area contributed by atoms with Crippen molar-refractivity contribution in [2.75, 3.05) is 23.9 Å². The summed E-state index contributed by atoms with van der Waals surface area (Å²) in [7, 11) is -6.51. The van der Waals surface area contributed by atoms with Crippen molar-refractivity contribution in [2.45, 2.75) is 6.42 Å². The third-order valence-corrected chi connectivity index (χ3v) is 7.53. The van der Waals surface area contributed by atoms with Crippen LogP contribution >= 0.6 is 0 Å². The summed E-state index contributed by atoms with van der Waals surface area (Å²) in [6.07, 6.45) is 4.71. The van der Waals surface area contributed by atoms with Crippen molar-refractivity contribution in [3.8, 4) is 11.6 Å². The fraction of sp³-hybridized carbons (Fsp3) is 0.190. The number of aromatic nitrogens is 2. The molecule has 4 aromatic rings. The summed E-state index contributed by atoms with van der Waals surface area (Å²) in [5.41, 5.74) is 1.45. The number of phenolic OH excluding ortho intramolecular Hbond substituents is 1. The normalized spacial score (nSPS) is 12.5. The number of aromatic hydroxyl groups is 2. The first kappa shape index (κ1) is 22.8. The first-order valence-corrected chi connectivity index (χ1v) is 13.2. The van der Waals surface area contributed by atoms with E-state index in [1.165, 1.54) is 25.4 Å². The van der Waals surface area contributed by atoms with Crippen LogP contribution < -0.4 is 4.31 Å². The van der Waals surface area contributed by atoms with Gasteiger partial charge in [0.25, 0.3) is 0 Å². The molecule has 33 heavy (non-hydrogen) atoms. The smallest absolute Gasteiger partial charge is 0.238 e. The van der Waals surface area contributed by atoms with E-state index >= 15 is 0 Å². The van der Waals surface area contributed by atoms with Gasteiger partial charge in [0.1, 0.15) is 11.3 Å². The minimum Gasteiger partial charge on any atom is -0.505 e. The lowest BCUT2D eigenvalue weighted by Gasteiger charge is -2.21. The van der Waals surface area contributed by atoms with E-state index in [1.807, 2.05) is 0 Å². The maximum Gasteiger partial charge on any atom is 0.238 e. The Labute approximate surface area is 189 Å². The summed E-state index contributed by atoms with van der Waals surface area (Å²) < 4.78 is 63.8. The monoisotopic (exact) mass is 493 g/mol. The molecule has 0 aliphatic carbocycles. The van der Waals surface area contributed by atoms with E-state index in [4.69, 9.17) is 0 Å². The number of halogens is 1. The van der Waals surface area contributed by atoms with Crippen molar-refractivity contribution in [3.05, 3.63) is 59.7 Å². The highest BCUT2D eigenvalue weighted by Crippen LogP contribution is 2.47. The third kappa shape index (κ3) is 3.95. The van der Waals surface area contributed by atoms with Crippen LogP contribution in [0.2, 0.25) is 0 Å². The average Bonchev–Trinajstić information content (AvgIpc) is 3.06. The number of benzene rings is 2. The average molecular weight is 494 g/mol. The first-order chi connectivity index (χ1) is 15.3. The number of anilines is 1. The Bertz CT molecular complexity index is 1630. The highest BCUT2D eigenvalue weighted by molar-refractivity contribution is 7.92. The molecule has 4 rings (SSSR count). The van der Waals surface area contributed by atoms with Gasteiger partial charge in [-0.3, -0.25) is 9.29 Å². The number of nitrogens with zero attached hydrogens (tertiary/aromatic N) is 3. The van der Waals surface area contributed by atoms with E-state index in [2.05, 4.69) is 4.98 Å². The van der Waals surface area contributed by atoms with Gasteiger partial charge in [-0.05, 0) is 35.7 Å². The highest BCUT2D eigenvalue weighted by Gasteiger charge is 2.28. The zero-order chi connectivity index (χ0) is 24.3. The van der Waals surface area contributed by atoms with Crippen molar-refractivity contribution in [1.82, 2.24) is 8.96 Å². The second-order valence-corrected chi connectivity index (χ2v) is 11.6. The zero-order valence-electron chi connectivity index (χ0n) is 17.8. The number of hydrogen-bond acceptors (Lipinski definition) is 7. The molecule has 9 nitrogen and oxygen atoms in total. The number of phenols is 1. The second kappa shape index (κ2) is 7.59. The summed E-state index contributed by atoms with van der Waals surface area (Å²) in [6.45, 7) is 0. The largest absolute Gasteiger partial charge is 0.505 e. The summed E-state index contributed by atoms with van der Waals surface area (Å²) in [5, 5.41) is 21.4. The van der Waals surface area contributed by atoms with Gasteiger partial charge in [0, 0.05) is 30.2 Å². The zero-order valence-corrected chi connectivity index (χ0v) is 19.4. The molecule has 0 unspecified atom stereocenters. The highest BCUT2D eigenvalue weighted by atomic mass is 32.2. The molecule has 0 bridgehead atoms. The van der Waals surface area contributed by atoms with Crippen molar-refractivity contribution in [1.29, 1.82) is 0 Å². The Morgan fingerprint density at radius 1 is 1.03 bits per heavy atom. The van der Waals surface area contributed by atoms with E-state index in [0.717, 1.165) is 28.6 Å². The third-order valence-electron chi connectivity index (χ3n) is 5.35. The number of hydrogen-bond donors (Lipinski definition) is 2. The van der Waals surface area contributed by atoms with Gasteiger partial charge in [-0.15, -0.1) is 0 Å². The predicted octanol–water partition coefficient (Wildman–Crippen LogP) is 2.53. The number of fused-ring (bicyclic) bond motifs is 2. The Balaban J connectivity index is 2.08. The van der Waals surface area contributed by atoms with Gasteiger partial charge in [0.2, 0.25) is 25.9 Å². The molecule has 0 fully saturated rings. The van der Waals surface area contributed by atoms with Gasteiger partial charge in [-0.2, -0.15) is 0 Å². The molecule has 2 aromatic heterocycles. The van der Waals surface area contributed by atoms with Crippen LogP contribution in [0.25, 0.3) is 21.7 Å². The van der Waals surface area contributed by atoms with Crippen molar-refractivity contribution in [2.24, 2.45) is 0 Å². The molecule has 12 heteroatoms. The Hall–Kier alpha value is -3.38. The lowest BCUT2D eigenvalue weighted by molar-refractivity contribution is 0.445. The number of sulfonamides is 1. The number of pyridine rings is 1. The Morgan fingerprint density at radius 2 is 1.67 bits per heavy atom. The van der Waals surface area contributed by atoms with Crippen LogP contribution in [0.4, 0.5) is 10.1 Å². The van der Waals surface area contributed by atoms with Gasteiger partial charge in [-0.25, -0.2) is 25.2 Å². The van der Waals surface area contributed by atoms with Crippen LogP contribution in [-0.4, -0.2) is 55.6 Å². The topological polar surface area (TPSA) is 130 Å². The molecule has 2 heterocycles. The van der Waals surface area contributed by atoms with Crippen LogP contribution in [0.15, 0.2) is 42.7 Å². The molecule has 0 atom stereocenters. The van der Waals surface area contributed by atoms with Gasteiger partial charge in [0.05, 0.1) is 23.6 Å². The maximum atomic E-state index is 13.2. The van der Waals surface area contributed by atoms with E-state index in [1.54, 1.807) is 18.2 Å². The Morgan fingerprint density at radius 3 is 2.24 bits per heavy atom. The van der Waals surface area contributed by atoms with Crippen LogP contribution in [0.3, 0.4) is 0 Å². The van der Waals surface area contributed by atoms with Gasteiger partial charge in [0.15, 0.2) is 5.75 Å². The molecule has 174 valence electrons. The molecule has 0 aliphatic heterocycles. The fourth-order valence-electron chi connectivity index (χ4n) is 3.72. The van der Waals surface area contributed by atoms with Crippen molar-refractivity contribution in [3.63, 3.8) is 0 Å². The first-order valence-electron chi connectivity index (χ1n) is 9.55. The molecular weight excluding hydrogens is 473 g/mol. The molecule has 2 aromatic carbocycles. The standard InChI is InChI=1S/C21H20FN3O6S2/c1-24(32(2,28)29)19-15-9-13(8-12-4-6-14(22)7-5-12)10-23-18(15)20(26)17-16(19)11-25(21(17)27)33(3,30)31/h4-7,9-11,26-27H,8H2,1-3H3. The minimum atomic E-state index is -3.97. The molecule has 2 N–H and O–H groups in total. The molecular formula is C21H20FN3O6S2. The lowest BCUT2D eigenvalue weighted by Crippen LogP contribution is -2.25. The summed E-state index contributed by atoms with van der Waals surface area (Å²) in [4.78, 5) is 4.27. The molecule has 0 amide bonds. The van der Waals surface area contributed by atoms with Crippen molar-refractivity contribution < 1.29 is 31.4 Å². The van der Waals surface area contributed by atoms with E-state index in [-0.39, 0.29) is 33.2 Å². The predicted molar refractivity (Wildman–Crippen MR) is 123 cm³/mol. The minimum absolute atomic E-state index is 0.0107. The van der Waals surface area contributed by atoms with E-state index in [9.17, 15) is 31.4 Å². The Kier molecular flexibility index (Phi) is 5.25. The maximum absolute atomic E-state index is 13.2. The lowest BCUT2D eigenvalue weighted by atomic mass is 10.0. The quantitative estimate of drug-likeness (QED) is 0.437. The van der Waals surface area contributed by atoms with Crippen LogP contribution in [-0.2, 0) is 26.5 Å². The van der Waals surface area contributed by atoms with Gasteiger partial charge in [-0.1, -0.05) is 12.1 Å². The fourth-order valence-corrected chi connectivity index (χ4v) is 4.95. The van der Waals surface area contributed by atoms with Crippen LogP contribution in [0.5, 0.6) is 11.6 Å². The van der Waals surface area contributed by atoms with Gasteiger partial charge >= 0.3 is 0 Å². The summed E-state index contributed by atoms with van der Waals surface area (Å²) >= 11 is 0. The van der Waals surface area contributed by atoms with Crippen LogP contribution in [0.1, 0.15) is 11.1 Å². The SMILES string of the molecule is CN(c1c2cc(Cc3ccc(F)cc3)cnc2c(O)c2c(O)n(S(C)(=O)=O)cc12)S(C)(=O)=O. The molecule has 0 radical (unpaired) electrons. The summed E-state index contributed by atoms with van der Waals surface area (Å²) in [5.74, 6) is -1.62. The van der Waals surface area contributed by atoms with E-state index < -0.39 is 31.7 Å². The van der Waals surface area contributed by atoms with Gasteiger partial charge < -0.3 is 10.2 Å². The van der Waals surface area contributed by atoms with E-state index in [0.29, 0.717) is 16.0 Å². The van der Waals surface area contributed by atoms with Crippen molar-refractivity contribution >= 4 is 47.4 Å². The van der Waals surface area contributed by atoms with Crippen LogP contribution in [0, 0.1) is 5.82 Å². The summed E-state index contributed by atoms with van der Waals surface area (Å²) in [6, 6.07) is 7.47.